The summed E-state index contributed by atoms with van der Waals surface area (Å²) in [6.07, 6.45) is 5.40. The molecule has 1 aromatic carbocycles. The van der Waals surface area contributed by atoms with Crippen molar-refractivity contribution in [1.29, 1.82) is 0 Å². The number of rotatable bonds is 7. The van der Waals surface area contributed by atoms with Crippen LogP contribution in [0.1, 0.15) is 49.4 Å². The highest BCUT2D eigenvalue weighted by molar-refractivity contribution is 6.00. The maximum atomic E-state index is 12.1. The van der Waals surface area contributed by atoms with Crippen LogP contribution in [0.4, 0.5) is 0 Å². The fourth-order valence-corrected chi connectivity index (χ4v) is 1.87. The molecule has 0 aromatic heterocycles. The highest BCUT2D eigenvalue weighted by Crippen LogP contribution is 2.27. The number of Topliss-reactive ketones (excluding diaryl/α,β-unsaturated/α-hetero) is 1. The Morgan fingerprint density at radius 1 is 1.50 bits per heavy atom. The van der Waals surface area contributed by atoms with Gasteiger partial charge in [0.05, 0.1) is 12.1 Å². The molecule has 1 aromatic rings. The van der Waals surface area contributed by atoms with E-state index in [1.807, 2.05) is 24.3 Å². The molecule has 0 heterocycles. The number of ketones is 1. The fourth-order valence-electron chi connectivity index (χ4n) is 1.87. The van der Waals surface area contributed by atoms with Crippen LogP contribution in [0.3, 0.4) is 0 Å². The number of ether oxygens (including phenoxy) is 1. The Morgan fingerprint density at radius 3 is 2.94 bits per heavy atom. The summed E-state index contributed by atoms with van der Waals surface area (Å²) in [6, 6.07) is 6.99. The Labute approximate surface area is 108 Å². The summed E-state index contributed by atoms with van der Waals surface area (Å²) in [5.74, 6) is 0.802. The first-order chi connectivity index (χ1) is 8.70. The van der Waals surface area contributed by atoms with Gasteiger partial charge in [0.25, 0.3) is 0 Å². The first-order valence-electron chi connectivity index (χ1n) is 6.77. The Bertz CT molecular complexity index is 413. The summed E-state index contributed by atoms with van der Waals surface area (Å²) in [7, 11) is 0. The van der Waals surface area contributed by atoms with Crippen LogP contribution in [-0.4, -0.2) is 17.9 Å². The zero-order valence-corrected chi connectivity index (χ0v) is 10.9. The van der Waals surface area contributed by atoms with Gasteiger partial charge in [-0.15, -0.1) is 0 Å². The van der Waals surface area contributed by atoms with Crippen LogP contribution in [0.15, 0.2) is 24.3 Å². The van der Waals surface area contributed by atoms with Crippen molar-refractivity contribution in [3.8, 4) is 5.75 Å². The molecule has 0 aliphatic heterocycles. The summed E-state index contributed by atoms with van der Waals surface area (Å²) in [4.78, 5) is 12.1. The summed E-state index contributed by atoms with van der Waals surface area (Å²) >= 11 is 0. The zero-order valence-electron chi connectivity index (χ0n) is 10.9. The second-order valence-electron chi connectivity index (χ2n) is 4.96. The van der Waals surface area contributed by atoms with Crippen molar-refractivity contribution in [2.24, 2.45) is 5.73 Å². The van der Waals surface area contributed by atoms with Crippen molar-refractivity contribution in [2.75, 3.05) is 0 Å². The molecule has 2 N–H and O–H groups in total. The molecule has 2 rings (SSSR count). The smallest absolute Gasteiger partial charge is 0.179 e. The molecule has 3 heteroatoms. The van der Waals surface area contributed by atoms with Crippen LogP contribution in [0.5, 0.6) is 5.75 Å². The molecule has 1 unspecified atom stereocenters. The van der Waals surface area contributed by atoms with E-state index in [-0.39, 0.29) is 11.8 Å². The zero-order chi connectivity index (χ0) is 13.0. The Kier molecular flexibility index (Phi) is 4.37. The van der Waals surface area contributed by atoms with Gasteiger partial charge in [-0.25, -0.2) is 0 Å². The lowest BCUT2D eigenvalue weighted by Crippen LogP contribution is -2.30. The van der Waals surface area contributed by atoms with Gasteiger partial charge in [-0.05, 0) is 31.4 Å². The quantitative estimate of drug-likeness (QED) is 0.754. The van der Waals surface area contributed by atoms with Crippen LogP contribution in [0.25, 0.3) is 0 Å². The van der Waals surface area contributed by atoms with Crippen LogP contribution < -0.4 is 10.5 Å². The number of hydrogen-bond donors (Lipinski definition) is 1. The van der Waals surface area contributed by atoms with E-state index in [4.69, 9.17) is 10.5 Å². The van der Waals surface area contributed by atoms with Crippen LogP contribution in [0, 0.1) is 0 Å². The van der Waals surface area contributed by atoms with Gasteiger partial charge in [-0.1, -0.05) is 31.9 Å². The molecule has 1 aliphatic rings. The van der Waals surface area contributed by atoms with E-state index in [0.717, 1.165) is 37.9 Å². The Balaban J connectivity index is 1.99. The van der Waals surface area contributed by atoms with Gasteiger partial charge in [0.15, 0.2) is 5.78 Å². The van der Waals surface area contributed by atoms with Crippen LogP contribution >= 0.6 is 0 Å². The highest BCUT2D eigenvalue weighted by atomic mass is 16.5. The maximum absolute atomic E-state index is 12.1. The average molecular weight is 247 g/mol. The molecule has 0 spiro atoms. The molecular weight excluding hydrogens is 226 g/mol. The minimum absolute atomic E-state index is 0.0182. The summed E-state index contributed by atoms with van der Waals surface area (Å²) in [6.45, 7) is 2.10. The number of carbonyl (C=O) groups is 1. The predicted octanol–water partition coefficient (Wildman–Crippen LogP) is 2.93. The van der Waals surface area contributed by atoms with Crippen molar-refractivity contribution < 1.29 is 9.53 Å². The Hall–Kier alpha value is -1.35. The van der Waals surface area contributed by atoms with E-state index >= 15 is 0 Å². The number of hydrogen-bond acceptors (Lipinski definition) is 3. The molecule has 0 bridgehead atoms. The molecule has 1 atom stereocenters. The maximum Gasteiger partial charge on any atom is 0.179 e. The third kappa shape index (κ3) is 3.57. The number of benzene rings is 1. The van der Waals surface area contributed by atoms with Crippen molar-refractivity contribution in [2.45, 2.75) is 51.2 Å². The average Bonchev–Trinajstić information content (AvgIpc) is 3.19. The molecule has 0 amide bonds. The highest BCUT2D eigenvalue weighted by Gasteiger charge is 2.24. The van der Waals surface area contributed by atoms with Crippen molar-refractivity contribution >= 4 is 5.78 Å². The van der Waals surface area contributed by atoms with Gasteiger partial charge in [0, 0.05) is 5.56 Å². The largest absolute Gasteiger partial charge is 0.490 e. The third-order valence-corrected chi connectivity index (χ3v) is 3.15. The van der Waals surface area contributed by atoms with Gasteiger partial charge in [-0.3, -0.25) is 4.79 Å². The second kappa shape index (κ2) is 6.01. The third-order valence-electron chi connectivity index (χ3n) is 3.15. The molecule has 98 valence electrons. The topological polar surface area (TPSA) is 52.3 Å². The van der Waals surface area contributed by atoms with Gasteiger partial charge in [0.2, 0.25) is 0 Å². The van der Waals surface area contributed by atoms with Gasteiger partial charge < -0.3 is 10.5 Å². The van der Waals surface area contributed by atoms with E-state index < -0.39 is 0 Å². The van der Waals surface area contributed by atoms with Crippen LogP contribution in [-0.2, 0) is 0 Å². The summed E-state index contributed by atoms with van der Waals surface area (Å²) in [5.41, 5.74) is 6.57. The number of nitrogens with two attached hydrogens (primary N) is 1. The Morgan fingerprint density at radius 2 is 2.28 bits per heavy atom. The van der Waals surface area contributed by atoms with E-state index in [9.17, 15) is 4.79 Å². The van der Waals surface area contributed by atoms with E-state index in [1.54, 1.807) is 0 Å². The molecule has 1 saturated carbocycles. The van der Waals surface area contributed by atoms with Crippen LogP contribution in [0.2, 0.25) is 0 Å². The molecule has 18 heavy (non-hydrogen) atoms. The summed E-state index contributed by atoms with van der Waals surface area (Å²) in [5, 5.41) is 0. The SMILES string of the molecule is CCCCC(N)C(=O)c1cccc(OC2CC2)c1. The molecular formula is C15H21NO2. The second-order valence-corrected chi connectivity index (χ2v) is 4.96. The number of unbranched alkanes of at least 4 members (excludes halogenated alkanes) is 1. The van der Waals surface area contributed by atoms with E-state index in [0.29, 0.717) is 11.7 Å². The lowest BCUT2D eigenvalue weighted by Gasteiger charge is -2.11. The minimum atomic E-state index is -0.388. The predicted molar refractivity (Wildman–Crippen MR) is 71.9 cm³/mol. The lowest BCUT2D eigenvalue weighted by molar-refractivity contribution is 0.0955. The van der Waals surface area contributed by atoms with E-state index in [2.05, 4.69) is 6.92 Å². The monoisotopic (exact) mass is 247 g/mol. The number of carbonyl (C=O) groups excluding carboxylic acids is 1. The van der Waals surface area contributed by atoms with Crippen molar-refractivity contribution in [3.05, 3.63) is 29.8 Å². The standard InChI is InChI=1S/C15H21NO2/c1-2-3-7-14(16)15(17)11-5-4-6-13(10-11)18-12-8-9-12/h4-6,10,12,14H,2-3,7-9,16H2,1H3. The van der Waals surface area contributed by atoms with Gasteiger partial charge in [-0.2, -0.15) is 0 Å². The fraction of sp³-hybridized carbons (Fsp3) is 0.533. The first kappa shape index (κ1) is 13.1. The first-order valence-corrected chi connectivity index (χ1v) is 6.77. The van der Waals surface area contributed by atoms with Crippen molar-refractivity contribution in [3.63, 3.8) is 0 Å². The van der Waals surface area contributed by atoms with Gasteiger partial charge in [0.1, 0.15) is 5.75 Å². The van der Waals surface area contributed by atoms with E-state index in [1.165, 1.54) is 0 Å². The summed E-state index contributed by atoms with van der Waals surface area (Å²) < 4.78 is 5.68. The molecule has 0 radical (unpaired) electrons. The minimum Gasteiger partial charge on any atom is -0.490 e. The van der Waals surface area contributed by atoms with Crippen molar-refractivity contribution in [1.82, 2.24) is 0 Å². The molecule has 0 saturated heterocycles. The van der Waals surface area contributed by atoms with Gasteiger partial charge >= 0.3 is 0 Å². The lowest BCUT2D eigenvalue weighted by atomic mass is 10.0. The molecule has 1 aliphatic carbocycles. The normalized spacial score (nSPS) is 16.3. The molecule has 1 fully saturated rings. The molecule has 3 nitrogen and oxygen atoms in total.